The third kappa shape index (κ3) is 7.01. The molecule has 0 aliphatic carbocycles. The van der Waals surface area contributed by atoms with Gasteiger partial charge in [-0.2, -0.15) is 0 Å². The van der Waals surface area contributed by atoms with Crippen LogP contribution in [0.3, 0.4) is 0 Å². The molecule has 1 aromatic carbocycles. The maximum absolute atomic E-state index is 13.1. The summed E-state index contributed by atoms with van der Waals surface area (Å²) in [5.41, 5.74) is -0.165. The molecule has 2 rings (SSSR count). The normalized spacial score (nSPS) is 14.8. The van der Waals surface area contributed by atoms with Crippen molar-refractivity contribution >= 4 is 17.5 Å². The summed E-state index contributed by atoms with van der Waals surface area (Å²) >= 11 is 0. The van der Waals surface area contributed by atoms with Crippen LogP contribution in [-0.2, 0) is 14.3 Å². The van der Waals surface area contributed by atoms with E-state index in [0.717, 1.165) is 25.9 Å². The zero-order valence-corrected chi connectivity index (χ0v) is 19.2. The number of rotatable bonds is 10. The van der Waals surface area contributed by atoms with Crippen molar-refractivity contribution in [3.63, 3.8) is 0 Å². The zero-order valence-electron chi connectivity index (χ0n) is 19.2. The predicted molar refractivity (Wildman–Crippen MR) is 120 cm³/mol. The summed E-state index contributed by atoms with van der Waals surface area (Å²) in [6.45, 7) is 10.1. The molecule has 0 bridgehead atoms. The Hall–Kier alpha value is -2.08. The van der Waals surface area contributed by atoms with Crippen molar-refractivity contribution < 1.29 is 19.1 Å². The molecule has 30 heavy (non-hydrogen) atoms. The van der Waals surface area contributed by atoms with Crippen LogP contribution in [0.1, 0.15) is 59.8 Å². The van der Waals surface area contributed by atoms with Crippen LogP contribution in [0.25, 0.3) is 0 Å². The second-order valence-electron chi connectivity index (χ2n) is 9.10. The summed E-state index contributed by atoms with van der Waals surface area (Å²) in [6, 6.07) is 7.14. The fourth-order valence-corrected chi connectivity index (χ4v) is 4.11. The lowest BCUT2D eigenvalue weighted by atomic mass is 9.84. The Balaban J connectivity index is 1.95. The molecule has 0 saturated carbocycles. The molecule has 168 valence electrons. The van der Waals surface area contributed by atoms with Gasteiger partial charge in [0, 0.05) is 25.9 Å². The molecule has 0 spiro atoms. The molecule has 0 atom stereocenters. The van der Waals surface area contributed by atoms with Gasteiger partial charge in [-0.15, -0.1) is 0 Å². The highest BCUT2D eigenvalue weighted by molar-refractivity contribution is 5.97. The quantitative estimate of drug-likeness (QED) is 0.608. The first-order valence-electron chi connectivity index (χ1n) is 11.1. The number of ether oxygens (including phenoxy) is 2. The number of methoxy groups -OCH3 is 1. The van der Waals surface area contributed by atoms with Crippen LogP contribution >= 0.6 is 0 Å². The first-order valence-corrected chi connectivity index (χ1v) is 11.1. The molecule has 2 amide bonds. The van der Waals surface area contributed by atoms with E-state index in [1.165, 1.54) is 6.42 Å². The van der Waals surface area contributed by atoms with Crippen molar-refractivity contribution in [1.29, 1.82) is 0 Å². The second kappa shape index (κ2) is 11.3. The van der Waals surface area contributed by atoms with Gasteiger partial charge in [0.2, 0.25) is 0 Å². The predicted octanol–water partition coefficient (Wildman–Crippen LogP) is 4.49. The summed E-state index contributed by atoms with van der Waals surface area (Å²) in [6.07, 6.45) is 4.64. The fourth-order valence-electron chi connectivity index (χ4n) is 4.11. The largest absolute Gasteiger partial charge is 0.484 e. The van der Waals surface area contributed by atoms with Crippen molar-refractivity contribution in [2.24, 2.45) is 11.8 Å². The maximum atomic E-state index is 13.1. The van der Waals surface area contributed by atoms with E-state index in [0.29, 0.717) is 36.1 Å². The van der Waals surface area contributed by atoms with E-state index in [1.807, 2.05) is 4.90 Å². The van der Waals surface area contributed by atoms with Crippen molar-refractivity contribution in [3.8, 4) is 5.75 Å². The number of hydrogen-bond donors (Lipinski definition) is 1. The Labute approximate surface area is 181 Å². The van der Waals surface area contributed by atoms with Gasteiger partial charge < -0.3 is 19.7 Å². The minimum atomic E-state index is -0.849. The van der Waals surface area contributed by atoms with Crippen LogP contribution in [0.2, 0.25) is 0 Å². The standard InChI is InChI=1S/C24H38N2O4/c1-18(2)15-24(29-5,16-19(3)4)23(28)25-20-9-11-21(12-10-20)30-17-22(27)26-13-7-6-8-14-26/h9-12,18-19H,6-8,13-17H2,1-5H3,(H,25,28). The number of likely N-dealkylation sites (tertiary alicyclic amines) is 1. The number of nitrogens with one attached hydrogen (secondary N) is 1. The smallest absolute Gasteiger partial charge is 0.260 e. The van der Waals surface area contributed by atoms with Crippen molar-refractivity contribution in [2.45, 2.75) is 65.4 Å². The van der Waals surface area contributed by atoms with Crippen molar-refractivity contribution in [3.05, 3.63) is 24.3 Å². The lowest BCUT2D eigenvalue weighted by molar-refractivity contribution is -0.142. The monoisotopic (exact) mass is 418 g/mol. The Bertz CT molecular complexity index is 669. The first-order chi connectivity index (χ1) is 14.3. The van der Waals surface area contributed by atoms with Crippen molar-refractivity contribution in [1.82, 2.24) is 4.90 Å². The van der Waals surface area contributed by atoms with Crippen LogP contribution < -0.4 is 10.1 Å². The molecule has 1 aromatic rings. The Morgan fingerprint density at radius 3 is 2.07 bits per heavy atom. The Morgan fingerprint density at radius 2 is 1.57 bits per heavy atom. The van der Waals surface area contributed by atoms with Gasteiger partial charge in [0.25, 0.3) is 11.8 Å². The molecular formula is C24H38N2O4. The molecule has 0 radical (unpaired) electrons. The first kappa shape index (κ1) is 24.2. The lowest BCUT2D eigenvalue weighted by Gasteiger charge is -2.34. The third-order valence-electron chi connectivity index (χ3n) is 5.46. The summed E-state index contributed by atoms with van der Waals surface area (Å²) in [5.74, 6) is 1.19. The highest BCUT2D eigenvalue weighted by Crippen LogP contribution is 2.30. The zero-order chi connectivity index (χ0) is 22.1. The molecule has 1 aliphatic heterocycles. The van der Waals surface area contributed by atoms with Gasteiger partial charge in [0.05, 0.1) is 0 Å². The number of piperidine rings is 1. The number of carbonyl (C=O) groups is 2. The Kier molecular flexibility index (Phi) is 9.15. The highest BCUT2D eigenvalue weighted by atomic mass is 16.5. The fraction of sp³-hybridized carbons (Fsp3) is 0.667. The molecule has 1 heterocycles. The topological polar surface area (TPSA) is 67.9 Å². The van der Waals surface area contributed by atoms with Crippen LogP contribution in [-0.4, -0.2) is 49.1 Å². The summed E-state index contributed by atoms with van der Waals surface area (Å²) in [4.78, 5) is 27.2. The number of carbonyl (C=O) groups excluding carboxylic acids is 2. The number of anilines is 1. The number of amides is 2. The van der Waals surface area contributed by atoms with E-state index < -0.39 is 5.60 Å². The van der Waals surface area contributed by atoms with Crippen LogP contribution in [0.4, 0.5) is 5.69 Å². The van der Waals surface area contributed by atoms with E-state index in [2.05, 4.69) is 33.0 Å². The third-order valence-corrected chi connectivity index (χ3v) is 5.46. The van der Waals surface area contributed by atoms with Crippen LogP contribution in [0, 0.1) is 11.8 Å². The summed E-state index contributed by atoms with van der Waals surface area (Å²) in [5, 5.41) is 2.99. The molecule has 1 saturated heterocycles. The van der Waals surface area contributed by atoms with Crippen molar-refractivity contribution in [2.75, 3.05) is 32.1 Å². The lowest BCUT2D eigenvalue weighted by Crippen LogP contribution is -2.46. The van der Waals surface area contributed by atoms with E-state index in [4.69, 9.17) is 9.47 Å². The van der Waals surface area contributed by atoms with E-state index in [9.17, 15) is 9.59 Å². The van der Waals surface area contributed by atoms with E-state index >= 15 is 0 Å². The summed E-state index contributed by atoms with van der Waals surface area (Å²) in [7, 11) is 1.61. The maximum Gasteiger partial charge on any atom is 0.260 e. The molecule has 1 fully saturated rings. The van der Waals surface area contributed by atoms with Gasteiger partial charge in [-0.3, -0.25) is 9.59 Å². The SMILES string of the molecule is COC(CC(C)C)(CC(C)C)C(=O)Nc1ccc(OCC(=O)N2CCCCC2)cc1. The molecule has 6 nitrogen and oxygen atoms in total. The number of hydrogen-bond acceptors (Lipinski definition) is 4. The molecule has 1 aliphatic rings. The van der Waals surface area contributed by atoms with Crippen LogP contribution in [0.15, 0.2) is 24.3 Å². The second-order valence-corrected chi connectivity index (χ2v) is 9.10. The number of nitrogens with zero attached hydrogens (tertiary/aromatic N) is 1. The minimum Gasteiger partial charge on any atom is -0.484 e. The van der Waals surface area contributed by atoms with Gasteiger partial charge in [-0.25, -0.2) is 0 Å². The van der Waals surface area contributed by atoms with Gasteiger partial charge in [0.15, 0.2) is 6.61 Å². The van der Waals surface area contributed by atoms with Crippen LogP contribution in [0.5, 0.6) is 5.75 Å². The highest BCUT2D eigenvalue weighted by Gasteiger charge is 2.39. The average Bonchev–Trinajstić information content (AvgIpc) is 2.72. The molecule has 0 unspecified atom stereocenters. The van der Waals surface area contributed by atoms with Gasteiger partial charge in [-0.1, -0.05) is 27.7 Å². The van der Waals surface area contributed by atoms with Gasteiger partial charge >= 0.3 is 0 Å². The summed E-state index contributed by atoms with van der Waals surface area (Å²) < 4.78 is 11.4. The van der Waals surface area contributed by atoms with E-state index in [-0.39, 0.29) is 18.4 Å². The molecule has 0 aromatic heterocycles. The molecule has 6 heteroatoms. The van der Waals surface area contributed by atoms with Gasteiger partial charge in [-0.05, 0) is 68.2 Å². The van der Waals surface area contributed by atoms with E-state index in [1.54, 1.807) is 31.4 Å². The van der Waals surface area contributed by atoms with Gasteiger partial charge in [0.1, 0.15) is 11.4 Å². The molecular weight excluding hydrogens is 380 g/mol. The Morgan fingerprint density at radius 1 is 1.00 bits per heavy atom. The number of benzene rings is 1. The molecule has 1 N–H and O–H groups in total. The average molecular weight is 419 g/mol. The minimum absolute atomic E-state index is 0.0272.